The normalized spacial score (nSPS) is 32.1. The van der Waals surface area contributed by atoms with E-state index in [9.17, 15) is 28.8 Å². The van der Waals surface area contributed by atoms with Crippen LogP contribution in [0, 0.1) is 35.0 Å². The van der Waals surface area contributed by atoms with Crippen molar-refractivity contribution < 1.29 is 62.3 Å². The molecule has 1 spiro atoms. The van der Waals surface area contributed by atoms with Crippen molar-refractivity contribution in [3.8, 4) is 0 Å². The number of nitrogens with zero attached hydrogens (tertiary/aromatic N) is 9. The van der Waals surface area contributed by atoms with Gasteiger partial charge in [-0.25, -0.2) is 0 Å². The van der Waals surface area contributed by atoms with Gasteiger partial charge >= 0.3 is 0 Å². The van der Waals surface area contributed by atoms with Crippen LogP contribution in [0.2, 0.25) is 0 Å². The highest BCUT2D eigenvalue weighted by Gasteiger charge is 2.59. The highest BCUT2D eigenvalue weighted by atomic mass is 35.5. The minimum absolute atomic E-state index is 0.00318. The summed E-state index contributed by atoms with van der Waals surface area (Å²) in [6.45, 7) is 14.5. The Labute approximate surface area is 629 Å². The molecule has 0 aromatic rings. The van der Waals surface area contributed by atoms with E-state index in [1.165, 1.54) is 95.6 Å². The maximum atomic E-state index is 15.9. The fraction of sp³-hybridized carbons (Fsp3) is 0.818. The number of ether oxygens (including phenoxy) is 1. The van der Waals surface area contributed by atoms with E-state index >= 15 is 28.8 Å². The molecule has 3 N–H and O–H groups in total. The Morgan fingerprint density at radius 2 is 1.28 bits per heavy atom. The number of rotatable bonds is 15. The van der Waals surface area contributed by atoms with E-state index in [4.69, 9.17) is 27.9 Å². The SMILES string of the molecule is CCC[C@H]1C(=O)N[C@@H]([C@@H](C)CC)C(=O)N(C)CC(=O)N(C)[C@H]2C/C=C\CCN(C2=O)[C@@H](CC2CCC(C)CC2)C(=O)N(C)CC(=O)N[C@@H](CCC2CCC(Cl)C(Cl)C2)C(=O)N2C[C@H](OC3CCC3)C[C@H]2C(=O)NC2(CC(C)(C)C2)C(=O)N(C)[C@@H](C(CC)CC)C(=O)N(C)[C@H](C(=O)N(C)C)CC(=O)N1C. The maximum Gasteiger partial charge on any atom is 0.248 e. The molecule has 27 heteroatoms. The Kier molecular flexibility index (Phi) is 30.8. The summed E-state index contributed by atoms with van der Waals surface area (Å²) in [4.78, 5) is 194. The number of carbonyl (C=O) groups is 12. The number of hydrogen-bond acceptors (Lipinski definition) is 13. The molecule has 7 aliphatic rings. The van der Waals surface area contributed by atoms with Gasteiger partial charge in [0.25, 0.3) is 0 Å². The standard InChI is InChI=1S/C77H126Cl2N12O13/c1-17-25-57-67(95)81-65(48(6)18-2)73(101)85(12)44-64(94)87(14)58-28-22-21-23-37-90(72(58)100)61(39-50-31-29-47(5)30-32-50)71(99)84(11)43-62(92)80-56(36-34-49-33-35-54(78)55(79)38-49)69(97)91-42-53(104-52-26-24-27-52)40-59(91)68(96)82-77(45-76(7,8)46-77)75(103)89(16)66(51(19-3)20-4)74(102)88(15)60(70(98)83(9)10)41-63(93)86(57)13/h21-22,47-61,65-66H,17-20,23-46H2,1-16H3,(H,80,92)(H,81,95)(H,82,96)/b22-21-/t47?,48-,49?,50?,53+,54?,55?,56-,57-,58-,59-,60-,61-,65-,66-/m0/s1. The Balaban J connectivity index is 1.33. The summed E-state index contributed by atoms with van der Waals surface area (Å²) in [5.41, 5.74) is -2.06. The van der Waals surface area contributed by atoms with Crippen LogP contribution in [0.1, 0.15) is 209 Å². The summed E-state index contributed by atoms with van der Waals surface area (Å²) < 4.78 is 6.61. The number of likely N-dealkylation sites (N-methyl/N-ethyl adjacent to an activating group) is 7. The quantitative estimate of drug-likeness (QED) is 0.113. The van der Waals surface area contributed by atoms with E-state index in [1.54, 1.807) is 11.8 Å². The second-order valence-corrected chi connectivity index (χ2v) is 34.0. The summed E-state index contributed by atoms with van der Waals surface area (Å²) in [7, 11) is 11.8. The van der Waals surface area contributed by atoms with Gasteiger partial charge in [-0.2, -0.15) is 0 Å². The number of halogens is 2. The van der Waals surface area contributed by atoms with Crippen molar-refractivity contribution in [3.05, 3.63) is 12.2 Å². The predicted molar refractivity (Wildman–Crippen MR) is 399 cm³/mol. The highest BCUT2D eigenvalue weighted by molar-refractivity contribution is 6.30. The lowest BCUT2D eigenvalue weighted by Gasteiger charge is -2.54. The molecule has 3 aliphatic heterocycles. The van der Waals surface area contributed by atoms with E-state index in [0.717, 1.165) is 51.4 Å². The molecule has 25 nitrogen and oxygen atoms in total. The van der Waals surface area contributed by atoms with Crippen molar-refractivity contribution in [1.82, 2.24) is 60.0 Å². The van der Waals surface area contributed by atoms with Crippen molar-refractivity contribution in [1.29, 1.82) is 0 Å². The van der Waals surface area contributed by atoms with E-state index in [1.807, 2.05) is 53.7 Å². The van der Waals surface area contributed by atoms with Gasteiger partial charge < -0.3 is 64.8 Å². The summed E-state index contributed by atoms with van der Waals surface area (Å²) in [6.07, 6.45) is 14.1. The van der Waals surface area contributed by atoms with E-state index in [0.29, 0.717) is 63.7 Å². The molecule has 7 rings (SSSR count). The van der Waals surface area contributed by atoms with Crippen LogP contribution in [0.4, 0.5) is 0 Å². The lowest BCUT2D eigenvalue weighted by Crippen LogP contribution is -2.71. The first-order valence-electron chi connectivity index (χ1n) is 38.9. The lowest BCUT2D eigenvalue weighted by molar-refractivity contribution is -0.161. The molecular weight excluding hydrogens is 1370 g/mol. The van der Waals surface area contributed by atoms with Gasteiger partial charge in [0.2, 0.25) is 70.9 Å². The minimum atomic E-state index is -1.59. The van der Waals surface area contributed by atoms with Crippen molar-refractivity contribution in [2.45, 2.75) is 286 Å². The summed E-state index contributed by atoms with van der Waals surface area (Å²) >= 11 is 13.4. The zero-order valence-electron chi connectivity index (χ0n) is 65.4. The van der Waals surface area contributed by atoms with Gasteiger partial charge in [-0.1, -0.05) is 119 Å². The first kappa shape index (κ1) is 85.2. The smallest absolute Gasteiger partial charge is 0.248 e. The molecule has 12 amide bonds. The first-order chi connectivity index (χ1) is 49.0. The monoisotopic (exact) mass is 1500 g/mol. The summed E-state index contributed by atoms with van der Waals surface area (Å²) in [5.74, 6) is -7.51. The third-order valence-corrected chi connectivity index (χ3v) is 25.3. The van der Waals surface area contributed by atoms with Gasteiger partial charge in [0.1, 0.15) is 53.9 Å². The average molecular weight is 1500 g/mol. The molecule has 2 bridgehead atoms. The van der Waals surface area contributed by atoms with Crippen LogP contribution in [0.5, 0.6) is 0 Å². The molecule has 0 aromatic heterocycles. The topological polar surface area (TPSA) is 279 Å². The molecule has 6 fully saturated rings. The van der Waals surface area contributed by atoms with Gasteiger partial charge in [0.05, 0.1) is 37.1 Å². The first-order valence-corrected chi connectivity index (χ1v) is 39.8. The minimum Gasteiger partial charge on any atom is -0.373 e. The number of carbonyl (C=O) groups excluding carboxylic acids is 12. The molecule has 104 heavy (non-hydrogen) atoms. The van der Waals surface area contributed by atoms with Crippen LogP contribution in [0.15, 0.2) is 12.2 Å². The molecule has 3 heterocycles. The highest BCUT2D eigenvalue weighted by Crippen LogP contribution is 2.50. The Morgan fingerprint density at radius 1 is 0.635 bits per heavy atom. The predicted octanol–water partition coefficient (Wildman–Crippen LogP) is 6.73. The number of alkyl halides is 2. The van der Waals surface area contributed by atoms with E-state index < -0.39 is 168 Å². The third-order valence-electron chi connectivity index (χ3n) is 24.2. The largest absolute Gasteiger partial charge is 0.373 e. The fourth-order valence-corrected chi connectivity index (χ4v) is 17.8. The number of nitrogens with one attached hydrogen (secondary N) is 3. The van der Waals surface area contributed by atoms with E-state index in [-0.39, 0.29) is 80.3 Å². The van der Waals surface area contributed by atoms with E-state index in [2.05, 4.69) is 22.9 Å². The number of amides is 12. The number of hydrogen-bond donors (Lipinski definition) is 3. The van der Waals surface area contributed by atoms with Crippen LogP contribution in [0.3, 0.4) is 0 Å². The molecule has 13 atom stereocenters. The summed E-state index contributed by atoms with van der Waals surface area (Å²) in [6, 6.07) is -9.58. The van der Waals surface area contributed by atoms with Gasteiger partial charge in [-0.15, -0.1) is 23.2 Å². The maximum absolute atomic E-state index is 15.9. The summed E-state index contributed by atoms with van der Waals surface area (Å²) in [5, 5.41) is 8.58. The molecule has 4 aliphatic carbocycles. The zero-order valence-corrected chi connectivity index (χ0v) is 66.9. The van der Waals surface area contributed by atoms with Crippen LogP contribution in [0.25, 0.3) is 0 Å². The number of fused-ring (bicyclic) bond motifs is 3. The third kappa shape index (κ3) is 20.8. The van der Waals surface area contributed by atoms with Gasteiger partial charge in [0.15, 0.2) is 0 Å². The van der Waals surface area contributed by atoms with Crippen molar-refractivity contribution in [3.63, 3.8) is 0 Å². The molecule has 3 unspecified atom stereocenters. The van der Waals surface area contributed by atoms with Gasteiger partial charge in [-0.3, -0.25) is 57.5 Å². The van der Waals surface area contributed by atoms with Gasteiger partial charge in [-0.05, 0) is 125 Å². The average Bonchev–Trinajstić information content (AvgIpc) is 0.938. The Hall–Kier alpha value is -6.08. The fourth-order valence-electron chi connectivity index (χ4n) is 17.2. The molecule has 0 radical (unpaired) electrons. The molecule has 2 saturated heterocycles. The Morgan fingerprint density at radius 3 is 1.87 bits per heavy atom. The van der Waals surface area contributed by atoms with Crippen LogP contribution < -0.4 is 16.0 Å². The van der Waals surface area contributed by atoms with Crippen LogP contribution in [-0.2, 0) is 62.3 Å². The second-order valence-electron chi connectivity index (χ2n) is 32.9. The van der Waals surface area contributed by atoms with Crippen molar-refractivity contribution in [2.24, 2.45) is 35.0 Å². The van der Waals surface area contributed by atoms with Crippen LogP contribution in [-0.4, -0.2) is 274 Å². The lowest BCUT2D eigenvalue weighted by atomic mass is 9.58. The zero-order chi connectivity index (χ0) is 77.0. The molecular formula is C77H126Cl2N12O13. The van der Waals surface area contributed by atoms with Crippen molar-refractivity contribution in [2.75, 3.05) is 82.6 Å². The second kappa shape index (κ2) is 37.6. The molecule has 586 valence electrons. The molecule has 0 aromatic carbocycles. The Bertz CT molecular complexity index is 3080. The van der Waals surface area contributed by atoms with Crippen LogP contribution >= 0.6 is 23.2 Å². The van der Waals surface area contributed by atoms with Crippen molar-refractivity contribution >= 4 is 94.1 Å². The molecule has 4 saturated carbocycles. The van der Waals surface area contributed by atoms with Gasteiger partial charge in [0, 0.05) is 81.3 Å².